The molecular formula is C12H11NO7. The summed E-state index contributed by atoms with van der Waals surface area (Å²) in [5.74, 6) is -3.81. The minimum atomic E-state index is -1.95. The Morgan fingerprint density at radius 1 is 1.15 bits per heavy atom. The van der Waals surface area contributed by atoms with Crippen LogP contribution in [0.3, 0.4) is 0 Å². The standard InChI is InChI=1S/C12H11NO7/c1-19-11(17)8(9(14)15)13-12(18)20-10(16)7-5-3-2-4-6-7/h2-6,8H,1H3,(H,13,18)(H,14,15). The number of esters is 2. The second kappa shape index (κ2) is 6.88. The van der Waals surface area contributed by atoms with Crippen LogP contribution < -0.4 is 5.32 Å². The summed E-state index contributed by atoms with van der Waals surface area (Å²) in [6.07, 6.45) is -1.36. The molecule has 0 fully saturated rings. The van der Waals surface area contributed by atoms with E-state index < -0.39 is 30.0 Å². The van der Waals surface area contributed by atoms with Crippen molar-refractivity contribution in [2.45, 2.75) is 6.04 Å². The Morgan fingerprint density at radius 2 is 1.75 bits per heavy atom. The monoisotopic (exact) mass is 281 g/mol. The molecular weight excluding hydrogens is 270 g/mol. The molecule has 0 saturated carbocycles. The van der Waals surface area contributed by atoms with Crippen molar-refractivity contribution in [2.24, 2.45) is 0 Å². The average molecular weight is 281 g/mol. The second-order valence-corrected chi connectivity index (χ2v) is 3.48. The molecule has 0 aromatic heterocycles. The Bertz CT molecular complexity index is 526. The summed E-state index contributed by atoms with van der Waals surface area (Å²) in [5.41, 5.74) is 0.104. The van der Waals surface area contributed by atoms with Crippen molar-refractivity contribution in [3.8, 4) is 0 Å². The third-order valence-corrected chi connectivity index (χ3v) is 2.14. The quantitative estimate of drug-likeness (QED) is 0.596. The lowest BCUT2D eigenvalue weighted by atomic mass is 10.2. The van der Waals surface area contributed by atoms with Gasteiger partial charge in [-0.05, 0) is 12.1 Å². The fourth-order valence-corrected chi connectivity index (χ4v) is 1.20. The minimum absolute atomic E-state index is 0.104. The number of nitrogens with one attached hydrogen (secondary N) is 1. The highest BCUT2D eigenvalue weighted by molar-refractivity contribution is 6.03. The van der Waals surface area contributed by atoms with Gasteiger partial charge in [-0.2, -0.15) is 0 Å². The molecule has 0 aliphatic heterocycles. The van der Waals surface area contributed by atoms with Crippen LogP contribution in [0.15, 0.2) is 30.3 Å². The number of amides is 1. The summed E-state index contributed by atoms with van der Waals surface area (Å²) >= 11 is 0. The van der Waals surface area contributed by atoms with Gasteiger partial charge in [0.25, 0.3) is 0 Å². The van der Waals surface area contributed by atoms with Crippen LogP contribution in [0.4, 0.5) is 4.79 Å². The molecule has 0 aliphatic rings. The average Bonchev–Trinajstić information content (AvgIpc) is 2.44. The number of alkyl carbamates (subject to hydrolysis) is 1. The van der Waals surface area contributed by atoms with E-state index in [-0.39, 0.29) is 5.56 Å². The zero-order valence-corrected chi connectivity index (χ0v) is 10.4. The van der Waals surface area contributed by atoms with E-state index in [1.165, 1.54) is 12.1 Å². The molecule has 1 aromatic rings. The van der Waals surface area contributed by atoms with Crippen molar-refractivity contribution in [2.75, 3.05) is 7.11 Å². The molecule has 2 N–H and O–H groups in total. The van der Waals surface area contributed by atoms with Crippen molar-refractivity contribution in [3.05, 3.63) is 35.9 Å². The summed E-state index contributed by atoms with van der Waals surface area (Å²) < 4.78 is 8.54. The van der Waals surface area contributed by atoms with Gasteiger partial charge < -0.3 is 14.6 Å². The van der Waals surface area contributed by atoms with Gasteiger partial charge in [0.05, 0.1) is 12.7 Å². The Kier molecular flexibility index (Phi) is 5.21. The fourth-order valence-electron chi connectivity index (χ4n) is 1.20. The van der Waals surface area contributed by atoms with E-state index in [1.54, 1.807) is 23.5 Å². The zero-order chi connectivity index (χ0) is 15.1. The van der Waals surface area contributed by atoms with Crippen molar-refractivity contribution >= 4 is 24.0 Å². The summed E-state index contributed by atoms with van der Waals surface area (Å²) in [4.78, 5) is 44.7. The molecule has 1 rings (SSSR count). The van der Waals surface area contributed by atoms with Crippen molar-refractivity contribution in [3.63, 3.8) is 0 Å². The van der Waals surface area contributed by atoms with E-state index in [1.807, 2.05) is 0 Å². The highest BCUT2D eigenvalue weighted by Gasteiger charge is 2.30. The van der Waals surface area contributed by atoms with Gasteiger partial charge in [-0.15, -0.1) is 0 Å². The largest absolute Gasteiger partial charge is 0.479 e. The van der Waals surface area contributed by atoms with Crippen LogP contribution in [0.1, 0.15) is 10.4 Å². The Hall–Kier alpha value is -2.90. The number of aliphatic carboxylic acids is 1. The van der Waals surface area contributed by atoms with Gasteiger partial charge in [-0.3, -0.25) is 5.32 Å². The fraction of sp³-hybridized carbons (Fsp3) is 0.167. The van der Waals surface area contributed by atoms with E-state index in [2.05, 4.69) is 9.47 Å². The van der Waals surface area contributed by atoms with E-state index >= 15 is 0 Å². The lowest BCUT2D eigenvalue weighted by molar-refractivity contribution is -0.153. The molecule has 0 radical (unpaired) electrons. The SMILES string of the molecule is COC(=O)C(NC(=O)OC(=O)c1ccccc1)C(=O)O. The summed E-state index contributed by atoms with van der Waals surface area (Å²) in [6.45, 7) is 0. The predicted molar refractivity (Wildman–Crippen MR) is 63.8 cm³/mol. The first-order valence-electron chi connectivity index (χ1n) is 5.34. The van der Waals surface area contributed by atoms with Gasteiger partial charge >= 0.3 is 24.0 Å². The first kappa shape index (κ1) is 15.2. The lowest BCUT2D eigenvalue weighted by Gasteiger charge is -2.11. The van der Waals surface area contributed by atoms with Crippen LogP contribution in [0.2, 0.25) is 0 Å². The first-order valence-corrected chi connectivity index (χ1v) is 5.34. The third-order valence-electron chi connectivity index (χ3n) is 2.14. The zero-order valence-electron chi connectivity index (χ0n) is 10.4. The number of hydrogen-bond acceptors (Lipinski definition) is 6. The molecule has 1 aromatic carbocycles. The maximum Gasteiger partial charge on any atom is 0.416 e. The highest BCUT2D eigenvalue weighted by atomic mass is 16.6. The molecule has 106 valence electrons. The van der Waals surface area contributed by atoms with Crippen LogP contribution in [-0.2, 0) is 19.1 Å². The van der Waals surface area contributed by atoms with Gasteiger partial charge in [0, 0.05) is 0 Å². The van der Waals surface area contributed by atoms with Crippen molar-refractivity contribution in [1.82, 2.24) is 5.32 Å². The van der Waals surface area contributed by atoms with E-state index in [9.17, 15) is 19.2 Å². The topological polar surface area (TPSA) is 119 Å². The molecule has 8 nitrogen and oxygen atoms in total. The van der Waals surface area contributed by atoms with E-state index in [4.69, 9.17) is 5.11 Å². The van der Waals surface area contributed by atoms with Crippen LogP contribution in [-0.4, -0.2) is 42.3 Å². The molecule has 1 unspecified atom stereocenters. The maximum atomic E-state index is 11.5. The molecule has 0 bridgehead atoms. The maximum absolute atomic E-state index is 11.5. The van der Waals surface area contributed by atoms with Gasteiger partial charge in [-0.1, -0.05) is 18.2 Å². The molecule has 20 heavy (non-hydrogen) atoms. The van der Waals surface area contributed by atoms with Crippen molar-refractivity contribution < 1.29 is 33.8 Å². The van der Waals surface area contributed by atoms with E-state index in [0.29, 0.717) is 0 Å². The molecule has 1 amide bonds. The smallest absolute Gasteiger partial charge is 0.416 e. The van der Waals surface area contributed by atoms with Crippen LogP contribution in [0.5, 0.6) is 0 Å². The van der Waals surface area contributed by atoms with Gasteiger partial charge in [0.1, 0.15) is 0 Å². The van der Waals surface area contributed by atoms with Gasteiger partial charge in [0.2, 0.25) is 6.04 Å². The van der Waals surface area contributed by atoms with Crippen LogP contribution in [0.25, 0.3) is 0 Å². The number of carboxylic acid groups (broad SMARTS) is 1. The molecule has 0 spiro atoms. The second-order valence-electron chi connectivity index (χ2n) is 3.48. The number of carbonyl (C=O) groups is 4. The summed E-state index contributed by atoms with van der Waals surface area (Å²) in [5, 5.41) is 10.4. The molecule has 8 heteroatoms. The Labute approximate surface area is 113 Å². The molecule has 0 saturated heterocycles. The third kappa shape index (κ3) is 4.09. The normalized spacial score (nSPS) is 11.1. The minimum Gasteiger partial charge on any atom is -0.479 e. The number of hydrogen-bond donors (Lipinski definition) is 2. The number of carbonyl (C=O) groups excluding carboxylic acids is 3. The van der Waals surface area contributed by atoms with Gasteiger partial charge in [0.15, 0.2) is 0 Å². The molecule has 0 heterocycles. The van der Waals surface area contributed by atoms with Gasteiger partial charge in [-0.25, -0.2) is 19.2 Å². The number of carboxylic acids is 1. The summed E-state index contributed by atoms with van der Waals surface area (Å²) in [6, 6.07) is 5.64. The predicted octanol–water partition coefficient (Wildman–Crippen LogP) is 0.179. The number of ether oxygens (including phenoxy) is 2. The lowest BCUT2D eigenvalue weighted by Crippen LogP contribution is -2.47. The van der Waals surface area contributed by atoms with Crippen molar-refractivity contribution in [1.29, 1.82) is 0 Å². The highest BCUT2D eigenvalue weighted by Crippen LogP contribution is 2.01. The Balaban J connectivity index is 2.65. The van der Waals surface area contributed by atoms with E-state index in [0.717, 1.165) is 7.11 Å². The number of benzene rings is 1. The van der Waals surface area contributed by atoms with Crippen LogP contribution in [0, 0.1) is 0 Å². The number of methoxy groups -OCH3 is 1. The molecule has 0 aliphatic carbocycles. The number of rotatable bonds is 4. The summed E-state index contributed by atoms with van der Waals surface area (Å²) in [7, 11) is 0.959. The first-order chi connectivity index (χ1) is 9.45. The molecule has 1 atom stereocenters. The van der Waals surface area contributed by atoms with Crippen LogP contribution >= 0.6 is 0 Å². The Morgan fingerprint density at radius 3 is 2.25 bits per heavy atom.